The Morgan fingerprint density at radius 3 is 3.16 bits per heavy atom. The van der Waals surface area contributed by atoms with Crippen LogP contribution in [0, 0.1) is 5.92 Å². The number of nitrogens with zero attached hydrogens (tertiary/aromatic N) is 1. The smallest absolute Gasteiger partial charge is 0.262 e. The first-order valence-corrected chi connectivity index (χ1v) is 7.81. The Hall–Kier alpha value is -0.620. The van der Waals surface area contributed by atoms with Crippen molar-refractivity contribution in [3.63, 3.8) is 0 Å². The number of carbonyl (C=O) groups excluding carboxylic acids is 1. The second kappa shape index (κ2) is 7.24. The van der Waals surface area contributed by atoms with Crippen LogP contribution in [-0.2, 0) is 0 Å². The number of rotatable bonds is 5. The Morgan fingerprint density at radius 2 is 2.47 bits per heavy atom. The van der Waals surface area contributed by atoms with Crippen molar-refractivity contribution in [2.45, 2.75) is 12.8 Å². The number of hydrogen-bond donors (Lipinski definition) is 2. The summed E-state index contributed by atoms with van der Waals surface area (Å²) in [7, 11) is 0. The van der Waals surface area contributed by atoms with E-state index in [4.69, 9.17) is 16.7 Å². The van der Waals surface area contributed by atoms with Crippen LogP contribution in [0.5, 0.6) is 0 Å². The lowest BCUT2D eigenvalue weighted by atomic mass is 9.99. The van der Waals surface area contributed by atoms with Crippen LogP contribution in [0.4, 0.5) is 0 Å². The van der Waals surface area contributed by atoms with E-state index in [1.54, 1.807) is 6.07 Å². The summed E-state index contributed by atoms with van der Waals surface area (Å²) < 4.78 is 0. The first kappa shape index (κ1) is 14.8. The topological polar surface area (TPSA) is 52.6 Å². The van der Waals surface area contributed by atoms with E-state index in [2.05, 4.69) is 10.2 Å². The van der Waals surface area contributed by atoms with Crippen molar-refractivity contribution in [1.82, 2.24) is 10.2 Å². The van der Waals surface area contributed by atoms with E-state index in [1.807, 2.05) is 5.38 Å². The number of nitrogens with one attached hydrogen (secondary N) is 1. The summed E-state index contributed by atoms with van der Waals surface area (Å²) in [5.41, 5.74) is 0. The molecule has 1 aliphatic rings. The second-order valence-corrected chi connectivity index (χ2v) is 6.17. The molecule has 4 nitrogen and oxygen atoms in total. The molecule has 1 saturated heterocycles. The molecular formula is C13H19ClN2O2S. The highest BCUT2D eigenvalue weighted by Gasteiger charge is 2.19. The molecule has 0 radical (unpaired) electrons. The lowest BCUT2D eigenvalue weighted by Gasteiger charge is -2.31. The van der Waals surface area contributed by atoms with Crippen molar-refractivity contribution < 1.29 is 9.90 Å². The van der Waals surface area contributed by atoms with E-state index in [0.29, 0.717) is 22.4 Å². The van der Waals surface area contributed by atoms with Crippen molar-refractivity contribution in [1.29, 1.82) is 0 Å². The van der Waals surface area contributed by atoms with E-state index >= 15 is 0 Å². The fourth-order valence-corrected chi connectivity index (χ4v) is 3.42. The predicted octanol–water partition coefficient (Wildman–Crippen LogP) is 1.84. The van der Waals surface area contributed by atoms with Gasteiger partial charge in [0, 0.05) is 26.2 Å². The highest BCUT2D eigenvalue weighted by Crippen LogP contribution is 2.21. The number of amides is 1. The minimum absolute atomic E-state index is 0.101. The van der Waals surface area contributed by atoms with E-state index in [-0.39, 0.29) is 12.5 Å². The molecule has 1 aliphatic heterocycles. The average Bonchev–Trinajstić information content (AvgIpc) is 2.85. The van der Waals surface area contributed by atoms with Gasteiger partial charge in [0.2, 0.25) is 0 Å². The molecule has 1 atom stereocenters. The fourth-order valence-electron chi connectivity index (χ4n) is 2.37. The molecule has 0 unspecified atom stereocenters. The van der Waals surface area contributed by atoms with E-state index in [1.165, 1.54) is 11.3 Å². The number of aliphatic hydroxyl groups excluding tert-OH is 1. The number of aliphatic hydroxyl groups is 1. The van der Waals surface area contributed by atoms with Crippen LogP contribution in [0.1, 0.15) is 22.5 Å². The van der Waals surface area contributed by atoms with Gasteiger partial charge >= 0.3 is 0 Å². The fraction of sp³-hybridized carbons (Fsp3) is 0.615. The molecule has 0 saturated carbocycles. The highest BCUT2D eigenvalue weighted by atomic mass is 35.5. The number of likely N-dealkylation sites (tertiary alicyclic amines) is 1. The van der Waals surface area contributed by atoms with Crippen molar-refractivity contribution >= 4 is 28.8 Å². The summed E-state index contributed by atoms with van der Waals surface area (Å²) in [4.78, 5) is 14.7. The molecule has 0 bridgehead atoms. The van der Waals surface area contributed by atoms with Gasteiger partial charge in [-0.2, -0.15) is 0 Å². The highest BCUT2D eigenvalue weighted by molar-refractivity contribution is 7.12. The zero-order chi connectivity index (χ0) is 13.7. The van der Waals surface area contributed by atoms with Gasteiger partial charge in [0.1, 0.15) is 4.88 Å². The Kier molecular flexibility index (Phi) is 5.63. The van der Waals surface area contributed by atoms with Crippen LogP contribution >= 0.6 is 22.9 Å². The van der Waals surface area contributed by atoms with Gasteiger partial charge in [-0.25, -0.2) is 0 Å². The molecule has 0 aromatic carbocycles. The Labute approximate surface area is 122 Å². The number of thiophene rings is 1. The van der Waals surface area contributed by atoms with Gasteiger partial charge in [-0.1, -0.05) is 11.6 Å². The SMILES string of the molecule is O=C(NCCN1CCC[C@H](CO)C1)c1sccc1Cl. The van der Waals surface area contributed by atoms with Gasteiger partial charge in [-0.3, -0.25) is 4.79 Å². The first-order valence-electron chi connectivity index (χ1n) is 6.55. The maximum absolute atomic E-state index is 11.8. The van der Waals surface area contributed by atoms with E-state index < -0.39 is 0 Å². The summed E-state index contributed by atoms with van der Waals surface area (Å²) in [6, 6.07) is 1.73. The molecule has 2 rings (SSSR count). The van der Waals surface area contributed by atoms with E-state index in [9.17, 15) is 4.79 Å². The normalized spacial score (nSPS) is 20.4. The van der Waals surface area contributed by atoms with Crippen LogP contribution in [0.3, 0.4) is 0 Å². The zero-order valence-electron chi connectivity index (χ0n) is 10.8. The monoisotopic (exact) mass is 302 g/mol. The Morgan fingerprint density at radius 1 is 1.63 bits per heavy atom. The van der Waals surface area contributed by atoms with Crippen LogP contribution in [0.2, 0.25) is 5.02 Å². The summed E-state index contributed by atoms with van der Waals surface area (Å²) in [5.74, 6) is 0.284. The lowest BCUT2D eigenvalue weighted by Crippen LogP contribution is -2.41. The van der Waals surface area contributed by atoms with Gasteiger partial charge in [0.15, 0.2) is 0 Å². The molecule has 2 N–H and O–H groups in total. The van der Waals surface area contributed by atoms with Crippen molar-refractivity contribution in [2.75, 3.05) is 32.8 Å². The molecular weight excluding hydrogens is 284 g/mol. The minimum atomic E-state index is -0.101. The van der Waals surface area contributed by atoms with Crippen LogP contribution in [0.25, 0.3) is 0 Å². The third kappa shape index (κ3) is 4.18. The van der Waals surface area contributed by atoms with Crippen LogP contribution in [-0.4, -0.2) is 48.7 Å². The molecule has 1 fully saturated rings. The third-order valence-corrected chi connectivity index (χ3v) is 4.74. The Bertz CT molecular complexity index is 425. The predicted molar refractivity (Wildman–Crippen MR) is 77.9 cm³/mol. The minimum Gasteiger partial charge on any atom is -0.396 e. The van der Waals surface area contributed by atoms with Crippen molar-refractivity contribution in [3.05, 3.63) is 21.3 Å². The number of carbonyl (C=O) groups is 1. The summed E-state index contributed by atoms with van der Waals surface area (Å²) >= 11 is 7.27. The zero-order valence-corrected chi connectivity index (χ0v) is 12.3. The molecule has 1 amide bonds. The maximum atomic E-state index is 11.8. The summed E-state index contributed by atoms with van der Waals surface area (Å²) in [6.45, 7) is 3.67. The van der Waals surface area contributed by atoms with E-state index in [0.717, 1.165) is 32.5 Å². The molecule has 1 aromatic heterocycles. The Balaban J connectivity index is 1.72. The van der Waals surface area contributed by atoms with Crippen LogP contribution in [0.15, 0.2) is 11.4 Å². The number of piperidine rings is 1. The first-order chi connectivity index (χ1) is 9.20. The lowest BCUT2D eigenvalue weighted by molar-refractivity contribution is 0.0934. The van der Waals surface area contributed by atoms with Crippen LogP contribution < -0.4 is 5.32 Å². The molecule has 106 valence electrons. The quantitative estimate of drug-likeness (QED) is 0.872. The average molecular weight is 303 g/mol. The van der Waals surface area contributed by atoms with Gasteiger partial charge < -0.3 is 15.3 Å². The van der Waals surface area contributed by atoms with Gasteiger partial charge in [-0.15, -0.1) is 11.3 Å². The largest absolute Gasteiger partial charge is 0.396 e. The number of hydrogen-bond acceptors (Lipinski definition) is 4. The van der Waals surface area contributed by atoms with Gasteiger partial charge in [-0.05, 0) is 36.8 Å². The van der Waals surface area contributed by atoms with Gasteiger partial charge in [0.05, 0.1) is 5.02 Å². The molecule has 0 spiro atoms. The standard InChI is InChI=1S/C13H19ClN2O2S/c14-11-3-7-19-12(11)13(18)15-4-6-16-5-1-2-10(8-16)9-17/h3,7,10,17H,1-2,4-6,8-9H2,(H,15,18)/t10-/m0/s1. The van der Waals surface area contributed by atoms with Crippen molar-refractivity contribution in [2.24, 2.45) is 5.92 Å². The summed E-state index contributed by atoms with van der Waals surface area (Å²) in [6.07, 6.45) is 2.22. The van der Waals surface area contributed by atoms with Crippen molar-refractivity contribution in [3.8, 4) is 0 Å². The summed E-state index contributed by atoms with van der Waals surface area (Å²) in [5, 5.41) is 14.4. The number of halogens is 1. The molecule has 6 heteroatoms. The molecule has 19 heavy (non-hydrogen) atoms. The maximum Gasteiger partial charge on any atom is 0.262 e. The molecule has 1 aromatic rings. The third-order valence-electron chi connectivity index (χ3n) is 3.40. The molecule has 2 heterocycles. The molecule has 0 aliphatic carbocycles. The second-order valence-electron chi connectivity index (χ2n) is 4.84. The van der Waals surface area contributed by atoms with Gasteiger partial charge in [0.25, 0.3) is 5.91 Å².